The molecule has 0 amide bonds. The molecule has 1 saturated heterocycles. The molecule has 0 bridgehead atoms. The number of aromatic nitrogens is 1. The van der Waals surface area contributed by atoms with E-state index in [-0.39, 0.29) is 5.75 Å². The number of rotatable bonds is 4. The first kappa shape index (κ1) is 18.4. The van der Waals surface area contributed by atoms with Crippen LogP contribution in [0.15, 0.2) is 41.5 Å². The highest BCUT2D eigenvalue weighted by atomic mass is 19.4. The van der Waals surface area contributed by atoms with E-state index < -0.39 is 6.36 Å². The molecule has 3 aliphatic rings. The average Bonchev–Trinajstić information content (AvgIpc) is 3.47. The van der Waals surface area contributed by atoms with Crippen molar-refractivity contribution in [3.8, 4) is 5.75 Å². The number of alkyl halides is 3. The van der Waals surface area contributed by atoms with Crippen LogP contribution in [0.4, 0.5) is 19.0 Å². The number of ether oxygens (including phenoxy) is 1. The van der Waals surface area contributed by atoms with Gasteiger partial charge in [0, 0.05) is 49.5 Å². The molecule has 2 aliphatic heterocycles. The predicted octanol–water partition coefficient (Wildman–Crippen LogP) is 3.62. The van der Waals surface area contributed by atoms with Gasteiger partial charge in [0.1, 0.15) is 11.6 Å². The lowest BCUT2D eigenvalue weighted by Crippen LogP contribution is -2.47. The summed E-state index contributed by atoms with van der Waals surface area (Å²) in [5, 5.41) is 0. The number of halogens is 3. The lowest BCUT2D eigenvalue weighted by atomic mass is 10.0. The molecular weight excluding hydrogens is 381 g/mol. The maximum absolute atomic E-state index is 12.6. The fourth-order valence-electron chi connectivity index (χ4n) is 4.10. The van der Waals surface area contributed by atoms with Crippen LogP contribution in [0.1, 0.15) is 29.5 Å². The summed E-state index contributed by atoms with van der Waals surface area (Å²) in [7, 11) is 0. The fraction of sp³-hybridized carbons (Fsp3) is 0.429. The maximum Gasteiger partial charge on any atom is 0.573 e. The molecule has 3 heterocycles. The summed E-state index contributed by atoms with van der Waals surface area (Å²) >= 11 is 0. The number of aliphatic imine (C=N–C) groups is 1. The average molecular weight is 402 g/mol. The van der Waals surface area contributed by atoms with Gasteiger partial charge in [-0.3, -0.25) is 9.89 Å². The van der Waals surface area contributed by atoms with Crippen LogP contribution in [0.3, 0.4) is 0 Å². The van der Waals surface area contributed by atoms with Gasteiger partial charge in [0.05, 0.1) is 12.3 Å². The van der Waals surface area contributed by atoms with Gasteiger partial charge >= 0.3 is 6.36 Å². The van der Waals surface area contributed by atoms with E-state index in [1.165, 1.54) is 25.0 Å². The number of nitrogens with zero attached hydrogens (tertiary/aromatic N) is 4. The summed E-state index contributed by atoms with van der Waals surface area (Å²) in [6, 6.07) is 9.01. The van der Waals surface area contributed by atoms with Crippen molar-refractivity contribution in [1.82, 2.24) is 9.88 Å². The predicted molar refractivity (Wildman–Crippen MR) is 104 cm³/mol. The van der Waals surface area contributed by atoms with E-state index in [4.69, 9.17) is 0 Å². The van der Waals surface area contributed by atoms with Crippen molar-refractivity contribution in [2.75, 3.05) is 31.1 Å². The number of hydrogen-bond donors (Lipinski definition) is 0. The third kappa shape index (κ3) is 3.94. The van der Waals surface area contributed by atoms with E-state index in [0.717, 1.165) is 49.2 Å². The minimum atomic E-state index is -4.71. The fourth-order valence-corrected chi connectivity index (χ4v) is 4.10. The van der Waals surface area contributed by atoms with Gasteiger partial charge in [-0.05, 0) is 42.7 Å². The Labute approximate surface area is 166 Å². The second kappa shape index (κ2) is 7.02. The van der Waals surface area contributed by atoms with E-state index in [1.807, 2.05) is 12.1 Å². The first-order valence-corrected chi connectivity index (χ1v) is 9.85. The molecule has 2 fully saturated rings. The van der Waals surface area contributed by atoms with Crippen molar-refractivity contribution in [2.24, 2.45) is 4.99 Å². The number of hydrogen-bond acceptors (Lipinski definition) is 5. The summed E-state index contributed by atoms with van der Waals surface area (Å²) in [5.41, 5.74) is 3.13. The Morgan fingerprint density at radius 1 is 1.00 bits per heavy atom. The molecule has 5 nitrogen and oxygen atoms in total. The number of fused-ring (bicyclic) bond motifs is 1. The van der Waals surface area contributed by atoms with Crippen LogP contribution < -0.4 is 9.64 Å². The molecule has 0 N–H and O–H groups in total. The van der Waals surface area contributed by atoms with Crippen molar-refractivity contribution in [3.05, 3.63) is 53.2 Å². The monoisotopic (exact) mass is 402 g/mol. The molecule has 2 aromatic rings. The topological polar surface area (TPSA) is 41.0 Å². The van der Waals surface area contributed by atoms with Gasteiger partial charge in [-0.2, -0.15) is 0 Å². The van der Waals surface area contributed by atoms with E-state index >= 15 is 0 Å². The van der Waals surface area contributed by atoms with Crippen molar-refractivity contribution in [2.45, 2.75) is 31.8 Å². The first-order chi connectivity index (χ1) is 14.0. The van der Waals surface area contributed by atoms with Gasteiger partial charge in [-0.15, -0.1) is 13.2 Å². The zero-order valence-corrected chi connectivity index (χ0v) is 15.8. The Bertz CT molecular complexity index is 947. The summed E-state index contributed by atoms with van der Waals surface area (Å²) in [5.74, 6) is 0.660. The molecule has 5 rings (SSSR count). The summed E-state index contributed by atoms with van der Waals surface area (Å²) in [4.78, 5) is 13.9. The Kier molecular flexibility index (Phi) is 4.46. The molecule has 1 aliphatic carbocycles. The van der Waals surface area contributed by atoms with E-state index in [9.17, 15) is 13.2 Å². The number of anilines is 1. The molecule has 1 aromatic carbocycles. The quantitative estimate of drug-likeness (QED) is 0.784. The maximum atomic E-state index is 12.6. The molecule has 0 spiro atoms. The number of benzene rings is 1. The number of pyridine rings is 1. The molecule has 1 aromatic heterocycles. The molecule has 0 atom stereocenters. The Morgan fingerprint density at radius 2 is 1.79 bits per heavy atom. The second-order valence-electron chi connectivity index (χ2n) is 7.69. The molecule has 29 heavy (non-hydrogen) atoms. The zero-order valence-electron chi connectivity index (χ0n) is 15.8. The lowest BCUT2D eigenvalue weighted by molar-refractivity contribution is -0.274. The largest absolute Gasteiger partial charge is 0.573 e. The molecule has 0 unspecified atom stereocenters. The third-order valence-corrected chi connectivity index (χ3v) is 5.70. The Morgan fingerprint density at radius 3 is 2.52 bits per heavy atom. The molecule has 1 saturated carbocycles. The second-order valence-corrected chi connectivity index (χ2v) is 7.69. The summed E-state index contributed by atoms with van der Waals surface area (Å²) in [6.45, 7) is 4.39. The molecule has 8 heteroatoms. The molecular formula is C21H21F3N4O. The SMILES string of the molecule is FC(F)(F)Oc1ccc2c(c1)C(c1ccnc(N3CCN(C4CC4)CC3)c1)=NC2. The normalized spacial score (nSPS) is 19.8. The zero-order chi connectivity index (χ0) is 20.0. The summed E-state index contributed by atoms with van der Waals surface area (Å²) < 4.78 is 41.8. The van der Waals surface area contributed by atoms with Crippen LogP contribution in [0.25, 0.3) is 0 Å². The van der Waals surface area contributed by atoms with Gasteiger partial charge in [0.2, 0.25) is 0 Å². The van der Waals surface area contributed by atoms with Gasteiger partial charge in [0.25, 0.3) is 0 Å². The van der Waals surface area contributed by atoms with Crippen LogP contribution in [0, 0.1) is 0 Å². The first-order valence-electron chi connectivity index (χ1n) is 9.85. The van der Waals surface area contributed by atoms with Crippen LogP contribution in [-0.2, 0) is 6.54 Å². The highest BCUT2D eigenvalue weighted by Crippen LogP contribution is 2.31. The minimum Gasteiger partial charge on any atom is -0.406 e. The van der Waals surface area contributed by atoms with Crippen LogP contribution in [0.2, 0.25) is 0 Å². The molecule has 0 radical (unpaired) electrons. The lowest BCUT2D eigenvalue weighted by Gasteiger charge is -2.35. The summed E-state index contributed by atoms with van der Waals surface area (Å²) in [6.07, 6.45) is -0.342. The van der Waals surface area contributed by atoms with Crippen molar-refractivity contribution in [1.29, 1.82) is 0 Å². The Balaban J connectivity index is 1.36. The van der Waals surface area contributed by atoms with Gasteiger partial charge < -0.3 is 9.64 Å². The highest BCUT2D eigenvalue weighted by Gasteiger charge is 2.33. The highest BCUT2D eigenvalue weighted by molar-refractivity contribution is 6.15. The van der Waals surface area contributed by atoms with Crippen LogP contribution in [0.5, 0.6) is 5.75 Å². The van der Waals surface area contributed by atoms with Crippen molar-refractivity contribution >= 4 is 11.5 Å². The van der Waals surface area contributed by atoms with E-state index in [1.54, 1.807) is 12.3 Å². The van der Waals surface area contributed by atoms with Crippen LogP contribution in [-0.4, -0.2) is 54.2 Å². The standard InChI is InChI=1S/C21H21F3N4O/c22-21(23,24)29-17-4-1-15-13-26-20(18(15)12-17)14-5-6-25-19(11-14)28-9-7-27(8-10-28)16-2-3-16/h1,4-6,11-12,16H,2-3,7-10,13H2. The van der Waals surface area contributed by atoms with E-state index in [2.05, 4.69) is 24.5 Å². The van der Waals surface area contributed by atoms with Gasteiger partial charge in [0.15, 0.2) is 0 Å². The van der Waals surface area contributed by atoms with Gasteiger partial charge in [-0.25, -0.2) is 4.98 Å². The van der Waals surface area contributed by atoms with Crippen molar-refractivity contribution < 1.29 is 17.9 Å². The van der Waals surface area contributed by atoms with Gasteiger partial charge in [-0.1, -0.05) is 6.07 Å². The van der Waals surface area contributed by atoms with E-state index in [0.29, 0.717) is 17.8 Å². The Hall–Kier alpha value is -2.61. The van der Waals surface area contributed by atoms with Crippen LogP contribution >= 0.6 is 0 Å². The number of piperazine rings is 1. The third-order valence-electron chi connectivity index (χ3n) is 5.70. The molecule has 152 valence electrons. The minimum absolute atomic E-state index is 0.226. The smallest absolute Gasteiger partial charge is 0.406 e. The van der Waals surface area contributed by atoms with Crippen molar-refractivity contribution in [3.63, 3.8) is 0 Å².